The van der Waals surface area contributed by atoms with Gasteiger partial charge in [0.25, 0.3) is 5.91 Å². The summed E-state index contributed by atoms with van der Waals surface area (Å²) >= 11 is 0. The minimum Gasteiger partial charge on any atom is -0.368 e. The van der Waals surface area contributed by atoms with E-state index in [2.05, 4.69) is 44.3 Å². The summed E-state index contributed by atoms with van der Waals surface area (Å²) in [6.07, 6.45) is 0. The van der Waals surface area contributed by atoms with Gasteiger partial charge >= 0.3 is 0 Å². The van der Waals surface area contributed by atoms with E-state index in [1.807, 2.05) is 49.4 Å². The van der Waals surface area contributed by atoms with E-state index >= 15 is 0 Å². The molecule has 1 amide bonds. The Hall–Kier alpha value is -3.41. The number of hydrogen-bond donors (Lipinski definition) is 0. The molecule has 29 heavy (non-hydrogen) atoms. The molecule has 0 bridgehead atoms. The van der Waals surface area contributed by atoms with Gasteiger partial charge in [0.15, 0.2) is 11.5 Å². The summed E-state index contributed by atoms with van der Waals surface area (Å²) in [6.45, 7) is 6.16. The van der Waals surface area contributed by atoms with Gasteiger partial charge in [-0.1, -0.05) is 36.4 Å². The molecule has 1 aromatic heterocycles. The van der Waals surface area contributed by atoms with Crippen LogP contribution in [-0.2, 0) is 0 Å². The lowest BCUT2D eigenvalue weighted by Gasteiger charge is -2.36. The average Bonchev–Trinajstić information content (AvgIpc) is 2.81. The number of amides is 1. The molecule has 6 heteroatoms. The molecule has 0 saturated carbocycles. The molecule has 0 atom stereocenters. The van der Waals surface area contributed by atoms with E-state index in [9.17, 15) is 4.79 Å². The number of hydrogen-bond acceptors (Lipinski definition) is 5. The number of aromatic nitrogens is 2. The molecule has 2 heterocycles. The minimum absolute atomic E-state index is 0.133. The summed E-state index contributed by atoms with van der Waals surface area (Å²) in [5.41, 5.74) is 2.48. The van der Waals surface area contributed by atoms with Crippen LogP contribution >= 0.6 is 0 Å². The van der Waals surface area contributed by atoms with Crippen LogP contribution in [0.2, 0.25) is 0 Å². The van der Waals surface area contributed by atoms with Gasteiger partial charge in [0.05, 0.1) is 0 Å². The van der Waals surface area contributed by atoms with Crippen LogP contribution in [0.5, 0.6) is 0 Å². The van der Waals surface area contributed by atoms with Crippen LogP contribution in [0.3, 0.4) is 0 Å². The topological polar surface area (TPSA) is 52.6 Å². The molecular weight excluding hydrogens is 362 g/mol. The average molecular weight is 387 g/mol. The first-order valence-corrected chi connectivity index (χ1v) is 10.0. The molecule has 1 aliphatic heterocycles. The summed E-state index contributed by atoms with van der Waals surface area (Å²) in [7, 11) is 0. The third-order valence-corrected chi connectivity index (χ3v) is 5.22. The van der Waals surface area contributed by atoms with E-state index in [1.165, 1.54) is 5.69 Å². The molecule has 0 N–H and O–H groups in total. The summed E-state index contributed by atoms with van der Waals surface area (Å²) in [4.78, 5) is 19.2. The van der Waals surface area contributed by atoms with Crippen LogP contribution in [0.25, 0.3) is 0 Å². The van der Waals surface area contributed by atoms with Gasteiger partial charge in [-0.2, -0.15) is 0 Å². The predicted octanol–water partition coefficient (Wildman–Crippen LogP) is 3.47. The first-order chi connectivity index (χ1) is 14.3. The van der Waals surface area contributed by atoms with Gasteiger partial charge in [-0.05, 0) is 43.3 Å². The van der Waals surface area contributed by atoms with Crippen molar-refractivity contribution in [1.29, 1.82) is 0 Å². The second kappa shape index (κ2) is 8.73. The maximum atomic E-state index is 12.9. The smallest absolute Gasteiger partial charge is 0.278 e. The molecule has 0 spiro atoms. The summed E-state index contributed by atoms with van der Waals surface area (Å²) < 4.78 is 0. The Morgan fingerprint density at radius 1 is 0.828 bits per heavy atom. The van der Waals surface area contributed by atoms with E-state index in [0.717, 1.165) is 37.7 Å². The van der Waals surface area contributed by atoms with Crippen molar-refractivity contribution in [3.8, 4) is 0 Å². The van der Waals surface area contributed by atoms with E-state index in [-0.39, 0.29) is 5.91 Å². The zero-order chi connectivity index (χ0) is 20.1. The Morgan fingerprint density at radius 3 is 2.03 bits per heavy atom. The molecule has 1 aliphatic rings. The van der Waals surface area contributed by atoms with E-state index < -0.39 is 0 Å². The number of benzene rings is 2. The normalized spacial score (nSPS) is 14.0. The fourth-order valence-electron chi connectivity index (χ4n) is 3.63. The fourth-order valence-corrected chi connectivity index (χ4v) is 3.63. The maximum absolute atomic E-state index is 12.9. The lowest BCUT2D eigenvalue weighted by Crippen LogP contribution is -2.47. The molecule has 4 rings (SSSR count). The maximum Gasteiger partial charge on any atom is 0.278 e. The van der Waals surface area contributed by atoms with Crippen molar-refractivity contribution in [3.05, 3.63) is 78.5 Å². The van der Waals surface area contributed by atoms with Gasteiger partial charge in [-0.15, -0.1) is 10.2 Å². The molecule has 148 valence electrons. The molecular formula is C23H25N5O. The van der Waals surface area contributed by atoms with Crippen LogP contribution in [0.15, 0.2) is 72.8 Å². The molecule has 0 unspecified atom stereocenters. The van der Waals surface area contributed by atoms with Crippen LogP contribution in [0, 0.1) is 0 Å². The van der Waals surface area contributed by atoms with Gasteiger partial charge < -0.3 is 14.7 Å². The highest BCUT2D eigenvalue weighted by Gasteiger charge is 2.21. The van der Waals surface area contributed by atoms with Gasteiger partial charge in [0.2, 0.25) is 0 Å². The molecule has 1 fully saturated rings. The van der Waals surface area contributed by atoms with Gasteiger partial charge in [0, 0.05) is 44.1 Å². The first-order valence-electron chi connectivity index (χ1n) is 10.0. The lowest BCUT2D eigenvalue weighted by molar-refractivity contribution is 0.0982. The number of carbonyl (C=O) groups is 1. The Labute approximate surface area is 171 Å². The van der Waals surface area contributed by atoms with Crippen molar-refractivity contribution in [2.75, 3.05) is 47.4 Å². The number of piperazine rings is 1. The lowest BCUT2D eigenvalue weighted by atomic mass is 10.2. The minimum atomic E-state index is -0.133. The highest BCUT2D eigenvalue weighted by molar-refractivity contribution is 6.04. The molecule has 3 aromatic rings. The zero-order valence-corrected chi connectivity index (χ0v) is 16.6. The summed E-state index contributed by atoms with van der Waals surface area (Å²) in [5.74, 6) is 0.684. The molecule has 0 aliphatic carbocycles. The number of carbonyl (C=O) groups excluding carboxylic acids is 1. The van der Waals surface area contributed by atoms with Crippen molar-refractivity contribution >= 4 is 23.1 Å². The van der Waals surface area contributed by atoms with Crippen molar-refractivity contribution in [3.63, 3.8) is 0 Å². The van der Waals surface area contributed by atoms with E-state index in [0.29, 0.717) is 12.2 Å². The Bertz CT molecular complexity index is 923. The van der Waals surface area contributed by atoms with Crippen LogP contribution in [-0.4, -0.2) is 48.8 Å². The standard InChI is InChI=1S/C23H25N5O/c1-2-28(20-11-7-4-8-12-20)23(29)21-13-14-22(25-24-21)27-17-15-26(16-18-27)19-9-5-3-6-10-19/h3-14H,2,15-18H2,1H3. The third-order valence-electron chi connectivity index (χ3n) is 5.22. The van der Waals surface area contributed by atoms with Crippen molar-refractivity contribution in [1.82, 2.24) is 10.2 Å². The molecule has 6 nitrogen and oxygen atoms in total. The molecule has 0 radical (unpaired) electrons. The highest BCUT2D eigenvalue weighted by atomic mass is 16.2. The second-order valence-electron chi connectivity index (χ2n) is 6.97. The van der Waals surface area contributed by atoms with Gasteiger partial charge in [-0.3, -0.25) is 4.79 Å². The predicted molar refractivity (Wildman–Crippen MR) is 117 cm³/mol. The van der Waals surface area contributed by atoms with E-state index in [1.54, 1.807) is 11.0 Å². The van der Waals surface area contributed by atoms with Gasteiger partial charge in [-0.25, -0.2) is 0 Å². The number of anilines is 3. The van der Waals surface area contributed by atoms with Crippen LogP contribution < -0.4 is 14.7 Å². The number of para-hydroxylation sites is 2. The number of nitrogens with zero attached hydrogens (tertiary/aromatic N) is 5. The fraction of sp³-hybridized carbons (Fsp3) is 0.261. The molecule has 2 aromatic carbocycles. The number of rotatable bonds is 5. The van der Waals surface area contributed by atoms with Crippen LogP contribution in [0.4, 0.5) is 17.2 Å². The Balaban J connectivity index is 1.41. The van der Waals surface area contributed by atoms with Crippen LogP contribution in [0.1, 0.15) is 17.4 Å². The largest absolute Gasteiger partial charge is 0.368 e. The zero-order valence-electron chi connectivity index (χ0n) is 16.6. The first kappa shape index (κ1) is 18.9. The van der Waals surface area contributed by atoms with Gasteiger partial charge in [0.1, 0.15) is 0 Å². The van der Waals surface area contributed by atoms with Crippen molar-refractivity contribution in [2.45, 2.75) is 6.92 Å². The Morgan fingerprint density at radius 2 is 1.45 bits per heavy atom. The van der Waals surface area contributed by atoms with E-state index in [4.69, 9.17) is 0 Å². The quantitative estimate of drug-likeness (QED) is 0.671. The Kier molecular flexibility index (Phi) is 5.70. The monoisotopic (exact) mass is 387 g/mol. The third kappa shape index (κ3) is 4.21. The summed E-state index contributed by atoms with van der Waals surface area (Å²) in [5, 5.41) is 8.57. The highest BCUT2D eigenvalue weighted by Crippen LogP contribution is 2.20. The molecule has 1 saturated heterocycles. The van der Waals surface area contributed by atoms with Crippen molar-refractivity contribution < 1.29 is 4.79 Å². The van der Waals surface area contributed by atoms with Crippen molar-refractivity contribution in [2.24, 2.45) is 0 Å². The SMILES string of the molecule is CCN(C(=O)c1ccc(N2CCN(c3ccccc3)CC2)nn1)c1ccccc1. The summed E-state index contributed by atoms with van der Waals surface area (Å²) in [6, 6.07) is 23.8. The second-order valence-corrected chi connectivity index (χ2v) is 6.97.